The largest absolute Gasteiger partial charge is 0.497 e. The van der Waals surface area contributed by atoms with Gasteiger partial charge >= 0.3 is 0 Å². The molecular weight excluding hydrogens is 452 g/mol. The van der Waals surface area contributed by atoms with Crippen LogP contribution in [0.1, 0.15) is 28.2 Å². The predicted molar refractivity (Wildman–Crippen MR) is 132 cm³/mol. The molecule has 1 aromatic carbocycles. The number of rotatable bonds is 6. The summed E-state index contributed by atoms with van der Waals surface area (Å²) in [7, 11) is 5.04. The van der Waals surface area contributed by atoms with E-state index in [-0.39, 0.29) is 17.7 Å². The average molecular weight is 481 g/mol. The van der Waals surface area contributed by atoms with Crippen LogP contribution in [0.2, 0.25) is 0 Å². The second-order valence-electron chi connectivity index (χ2n) is 8.37. The lowest BCUT2D eigenvalue weighted by Gasteiger charge is -2.32. The van der Waals surface area contributed by atoms with E-state index < -0.39 is 0 Å². The van der Waals surface area contributed by atoms with E-state index in [1.165, 1.54) is 16.2 Å². The van der Waals surface area contributed by atoms with Crippen molar-refractivity contribution < 1.29 is 14.3 Å². The second-order valence-corrected chi connectivity index (χ2v) is 9.37. The fraction of sp³-hybridized carbons (Fsp3) is 0.375. The molecule has 4 rings (SSSR count). The quantitative estimate of drug-likeness (QED) is 0.576. The van der Waals surface area contributed by atoms with Crippen LogP contribution in [0.25, 0.3) is 11.3 Å². The van der Waals surface area contributed by atoms with Crippen molar-refractivity contribution >= 4 is 34.1 Å². The van der Waals surface area contributed by atoms with Gasteiger partial charge in [0.25, 0.3) is 5.91 Å². The van der Waals surface area contributed by atoms with Gasteiger partial charge in [-0.15, -0.1) is 0 Å². The van der Waals surface area contributed by atoms with E-state index in [0.29, 0.717) is 28.5 Å². The van der Waals surface area contributed by atoms with Gasteiger partial charge in [0.1, 0.15) is 22.8 Å². The van der Waals surface area contributed by atoms with Gasteiger partial charge in [-0.05, 0) is 44.0 Å². The van der Waals surface area contributed by atoms with Crippen LogP contribution in [0.15, 0.2) is 36.7 Å². The van der Waals surface area contributed by atoms with Gasteiger partial charge < -0.3 is 19.9 Å². The summed E-state index contributed by atoms with van der Waals surface area (Å²) >= 11 is 1.22. The topological polar surface area (TPSA) is 101 Å². The number of hydrogen-bond acceptors (Lipinski definition) is 8. The molecule has 0 bridgehead atoms. The first-order valence-electron chi connectivity index (χ1n) is 11.1. The number of thiazole rings is 1. The number of carbonyl (C=O) groups is 2. The van der Waals surface area contributed by atoms with Crippen LogP contribution < -0.4 is 15.0 Å². The van der Waals surface area contributed by atoms with Gasteiger partial charge in [-0.2, -0.15) is 0 Å². The molecule has 2 aromatic heterocycles. The highest BCUT2D eigenvalue weighted by molar-refractivity contribution is 7.17. The molecule has 0 radical (unpaired) electrons. The van der Waals surface area contributed by atoms with E-state index in [9.17, 15) is 9.59 Å². The van der Waals surface area contributed by atoms with Crippen molar-refractivity contribution in [2.75, 3.05) is 44.5 Å². The SMILES string of the molecule is COc1ccc(-c2cc(N3CCC(C(=O)Nc4nc(C)c(C(=O)N(C)C)s4)CC3)ncn2)cc1. The van der Waals surface area contributed by atoms with Gasteiger partial charge in [-0.1, -0.05) is 11.3 Å². The summed E-state index contributed by atoms with van der Waals surface area (Å²) in [6, 6.07) is 9.73. The zero-order valence-electron chi connectivity index (χ0n) is 19.7. The molecule has 34 heavy (non-hydrogen) atoms. The first-order chi connectivity index (χ1) is 16.4. The standard InChI is InChI=1S/C24H28N6O3S/c1-15-21(23(32)29(2)3)34-24(27-15)28-22(31)17-9-11-30(12-10-17)20-13-19(25-14-26-20)16-5-7-18(33-4)8-6-16/h5-8,13-14,17H,9-12H2,1-4H3,(H,27,28,31). The molecule has 0 unspecified atom stereocenters. The molecule has 1 saturated heterocycles. The molecule has 1 fully saturated rings. The third kappa shape index (κ3) is 5.17. The molecule has 10 heteroatoms. The maximum absolute atomic E-state index is 12.8. The lowest BCUT2D eigenvalue weighted by molar-refractivity contribution is -0.120. The Morgan fingerprint density at radius 3 is 2.50 bits per heavy atom. The molecule has 1 aliphatic heterocycles. The van der Waals surface area contributed by atoms with E-state index in [1.807, 2.05) is 30.3 Å². The molecule has 1 N–H and O–H groups in total. The summed E-state index contributed by atoms with van der Waals surface area (Å²) < 4.78 is 5.22. The number of aryl methyl sites for hydroxylation is 1. The lowest BCUT2D eigenvalue weighted by Crippen LogP contribution is -2.38. The summed E-state index contributed by atoms with van der Waals surface area (Å²) in [6.07, 6.45) is 2.99. The van der Waals surface area contributed by atoms with Gasteiger partial charge in [0, 0.05) is 44.7 Å². The summed E-state index contributed by atoms with van der Waals surface area (Å²) in [4.78, 5) is 42.5. The highest BCUT2D eigenvalue weighted by Crippen LogP contribution is 2.28. The van der Waals surface area contributed by atoms with E-state index >= 15 is 0 Å². The van der Waals surface area contributed by atoms with E-state index in [4.69, 9.17) is 4.74 Å². The number of amides is 2. The fourth-order valence-electron chi connectivity index (χ4n) is 3.87. The summed E-state index contributed by atoms with van der Waals surface area (Å²) in [5.41, 5.74) is 2.46. The Labute approximate surface area is 202 Å². The highest BCUT2D eigenvalue weighted by Gasteiger charge is 2.27. The van der Waals surface area contributed by atoms with Crippen molar-refractivity contribution in [1.82, 2.24) is 19.9 Å². The lowest BCUT2D eigenvalue weighted by atomic mass is 9.96. The number of nitrogens with zero attached hydrogens (tertiary/aromatic N) is 5. The van der Waals surface area contributed by atoms with Gasteiger partial charge in [-0.25, -0.2) is 15.0 Å². The van der Waals surface area contributed by atoms with Crippen molar-refractivity contribution in [3.8, 4) is 17.0 Å². The van der Waals surface area contributed by atoms with Crippen LogP contribution in [0.3, 0.4) is 0 Å². The molecule has 2 amide bonds. The van der Waals surface area contributed by atoms with Crippen molar-refractivity contribution in [3.63, 3.8) is 0 Å². The summed E-state index contributed by atoms with van der Waals surface area (Å²) in [6.45, 7) is 3.22. The molecule has 3 heterocycles. The minimum absolute atomic E-state index is 0.0566. The Morgan fingerprint density at radius 2 is 1.85 bits per heavy atom. The molecular formula is C24H28N6O3S. The zero-order chi connectivity index (χ0) is 24.2. The van der Waals surface area contributed by atoms with Crippen LogP contribution >= 0.6 is 11.3 Å². The number of piperidine rings is 1. The van der Waals surface area contributed by atoms with Crippen molar-refractivity contribution in [2.24, 2.45) is 5.92 Å². The van der Waals surface area contributed by atoms with Crippen molar-refractivity contribution in [1.29, 1.82) is 0 Å². The molecule has 9 nitrogen and oxygen atoms in total. The summed E-state index contributed by atoms with van der Waals surface area (Å²) in [5, 5.41) is 3.37. The molecule has 0 aliphatic carbocycles. The van der Waals surface area contributed by atoms with Gasteiger partial charge in [0.05, 0.1) is 18.5 Å². The smallest absolute Gasteiger partial charge is 0.265 e. The van der Waals surface area contributed by atoms with Gasteiger partial charge in [-0.3, -0.25) is 9.59 Å². The van der Waals surface area contributed by atoms with E-state index in [2.05, 4.69) is 25.2 Å². The highest BCUT2D eigenvalue weighted by atomic mass is 32.1. The molecule has 0 saturated carbocycles. The molecule has 1 aliphatic rings. The van der Waals surface area contributed by atoms with Crippen LogP contribution in [0, 0.1) is 12.8 Å². The predicted octanol–water partition coefficient (Wildman–Crippen LogP) is 3.47. The van der Waals surface area contributed by atoms with E-state index in [0.717, 1.165) is 35.9 Å². The van der Waals surface area contributed by atoms with Crippen molar-refractivity contribution in [3.05, 3.63) is 47.2 Å². The van der Waals surface area contributed by atoms with Crippen LogP contribution in [0.5, 0.6) is 5.75 Å². The number of ether oxygens (including phenoxy) is 1. The number of benzene rings is 1. The van der Waals surface area contributed by atoms with Crippen molar-refractivity contribution in [2.45, 2.75) is 19.8 Å². The Bertz CT molecular complexity index is 1170. The number of carbonyl (C=O) groups excluding carboxylic acids is 2. The van der Waals surface area contributed by atoms with Crippen LogP contribution in [0.4, 0.5) is 10.9 Å². The summed E-state index contributed by atoms with van der Waals surface area (Å²) in [5.74, 6) is 1.37. The number of hydrogen-bond donors (Lipinski definition) is 1. The monoisotopic (exact) mass is 480 g/mol. The maximum Gasteiger partial charge on any atom is 0.265 e. The maximum atomic E-state index is 12.8. The molecule has 178 valence electrons. The number of methoxy groups -OCH3 is 1. The number of aromatic nitrogens is 3. The second kappa shape index (κ2) is 10.2. The zero-order valence-corrected chi connectivity index (χ0v) is 20.6. The minimum atomic E-state index is -0.114. The van der Waals surface area contributed by atoms with E-state index in [1.54, 1.807) is 34.5 Å². The third-order valence-electron chi connectivity index (χ3n) is 5.86. The van der Waals surface area contributed by atoms with Crippen LogP contribution in [-0.4, -0.2) is 66.0 Å². The molecule has 0 atom stereocenters. The Kier molecular flexibility index (Phi) is 7.06. The first kappa shape index (κ1) is 23.6. The Morgan fingerprint density at radius 1 is 1.15 bits per heavy atom. The van der Waals surface area contributed by atoms with Crippen LogP contribution in [-0.2, 0) is 4.79 Å². The normalized spacial score (nSPS) is 14.1. The number of nitrogens with one attached hydrogen (secondary N) is 1. The average Bonchev–Trinajstić information content (AvgIpc) is 3.23. The minimum Gasteiger partial charge on any atom is -0.497 e. The molecule has 0 spiro atoms. The fourth-order valence-corrected chi connectivity index (χ4v) is 4.86. The van der Waals surface area contributed by atoms with Gasteiger partial charge in [0.2, 0.25) is 5.91 Å². The van der Waals surface area contributed by atoms with Gasteiger partial charge in [0.15, 0.2) is 5.13 Å². The Balaban J connectivity index is 1.36. The Hall–Kier alpha value is -3.53. The first-order valence-corrected chi connectivity index (χ1v) is 11.9. The third-order valence-corrected chi connectivity index (χ3v) is 6.92. The molecule has 3 aromatic rings. The number of anilines is 2.